The molecule has 0 aliphatic heterocycles. The molecule has 18 heavy (non-hydrogen) atoms. The number of rotatable bonds is 14. The van der Waals surface area contributed by atoms with Crippen LogP contribution in [-0.2, 0) is 4.74 Å². The summed E-state index contributed by atoms with van der Waals surface area (Å²) in [6.45, 7) is 8.02. The van der Waals surface area contributed by atoms with Crippen LogP contribution in [0.15, 0.2) is 0 Å². The van der Waals surface area contributed by atoms with Crippen molar-refractivity contribution in [3.63, 3.8) is 0 Å². The summed E-state index contributed by atoms with van der Waals surface area (Å²) in [5.74, 6) is 0. The lowest BCUT2D eigenvalue weighted by molar-refractivity contribution is 0.00994. The zero-order chi connectivity index (χ0) is 13.5. The fraction of sp³-hybridized carbons (Fsp3) is 1.00. The van der Waals surface area contributed by atoms with Gasteiger partial charge in [-0.05, 0) is 12.8 Å². The largest absolute Gasteiger partial charge is 0.394 e. The van der Waals surface area contributed by atoms with Crippen molar-refractivity contribution < 1.29 is 9.84 Å². The molecular formula is C15H33NO2. The van der Waals surface area contributed by atoms with Gasteiger partial charge in [-0.2, -0.15) is 0 Å². The fourth-order valence-corrected chi connectivity index (χ4v) is 2.02. The second kappa shape index (κ2) is 14.9. The normalized spacial score (nSPS) is 11.3. The van der Waals surface area contributed by atoms with Crippen LogP contribution in [0.5, 0.6) is 0 Å². The molecule has 0 aromatic carbocycles. The standard InChI is InChI=1S/C15H33NO2/c1-3-5-7-9-11-16(15-18-14-13-17)12-10-8-6-4-2/h17H,3-15H2,1-2H3. The second-order valence-corrected chi connectivity index (χ2v) is 5.00. The summed E-state index contributed by atoms with van der Waals surface area (Å²) >= 11 is 0. The third-order valence-electron chi connectivity index (χ3n) is 3.17. The van der Waals surface area contributed by atoms with E-state index in [0.717, 1.165) is 13.1 Å². The maximum Gasteiger partial charge on any atom is 0.0991 e. The number of ether oxygens (including phenoxy) is 1. The van der Waals surface area contributed by atoms with Crippen LogP contribution in [-0.4, -0.2) is 43.0 Å². The summed E-state index contributed by atoms with van der Waals surface area (Å²) in [5.41, 5.74) is 0. The first-order valence-electron chi connectivity index (χ1n) is 7.76. The Balaban J connectivity index is 3.62. The lowest BCUT2D eigenvalue weighted by Crippen LogP contribution is -2.29. The molecule has 0 bridgehead atoms. The number of aliphatic hydroxyl groups is 1. The summed E-state index contributed by atoms with van der Waals surface area (Å²) in [6, 6.07) is 0. The Morgan fingerprint density at radius 1 is 0.833 bits per heavy atom. The molecule has 0 rings (SSSR count). The highest BCUT2D eigenvalue weighted by molar-refractivity contribution is 4.55. The Labute approximate surface area is 114 Å². The van der Waals surface area contributed by atoms with Crippen molar-refractivity contribution in [1.29, 1.82) is 0 Å². The molecule has 0 amide bonds. The van der Waals surface area contributed by atoms with E-state index < -0.39 is 0 Å². The summed E-state index contributed by atoms with van der Waals surface area (Å²) < 4.78 is 5.43. The topological polar surface area (TPSA) is 32.7 Å². The lowest BCUT2D eigenvalue weighted by Gasteiger charge is -2.22. The van der Waals surface area contributed by atoms with Crippen molar-refractivity contribution in [2.45, 2.75) is 65.2 Å². The highest BCUT2D eigenvalue weighted by Gasteiger charge is 2.04. The van der Waals surface area contributed by atoms with Crippen molar-refractivity contribution in [3.05, 3.63) is 0 Å². The Hall–Kier alpha value is -0.120. The predicted octanol–water partition coefficient (Wildman–Crippen LogP) is 3.42. The smallest absolute Gasteiger partial charge is 0.0991 e. The maximum atomic E-state index is 8.73. The average molecular weight is 259 g/mol. The highest BCUT2D eigenvalue weighted by atomic mass is 16.5. The second-order valence-electron chi connectivity index (χ2n) is 5.00. The Morgan fingerprint density at radius 2 is 1.39 bits per heavy atom. The molecule has 0 aliphatic carbocycles. The molecule has 0 saturated carbocycles. The third kappa shape index (κ3) is 12.3. The summed E-state index contributed by atoms with van der Waals surface area (Å²) in [6.07, 6.45) is 10.4. The van der Waals surface area contributed by atoms with Crippen LogP contribution in [0.4, 0.5) is 0 Å². The van der Waals surface area contributed by atoms with Crippen molar-refractivity contribution in [1.82, 2.24) is 4.90 Å². The van der Waals surface area contributed by atoms with E-state index in [1.807, 2.05) is 0 Å². The van der Waals surface area contributed by atoms with Gasteiger partial charge in [-0.15, -0.1) is 0 Å². The van der Waals surface area contributed by atoms with E-state index in [9.17, 15) is 0 Å². The SMILES string of the molecule is CCCCCCN(CCCCCC)COCCO. The van der Waals surface area contributed by atoms with Crippen LogP contribution >= 0.6 is 0 Å². The van der Waals surface area contributed by atoms with E-state index in [1.165, 1.54) is 51.4 Å². The molecule has 0 aromatic rings. The van der Waals surface area contributed by atoms with Crippen molar-refractivity contribution in [3.8, 4) is 0 Å². The van der Waals surface area contributed by atoms with Crippen molar-refractivity contribution >= 4 is 0 Å². The van der Waals surface area contributed by atoms with E-state index in [2.05, 4.69) is 18.7 Å². The molecule has 0 atom stereocenters. The molecule has 1 N–H and O–H groups in total. The Kier molecular flexibility index (Phi) is 14.8. The molecule has 0 radical (unpaired) electrons. The maximum absolute atomic E-state index is 8.73. The number of unbranched alkanes of at least 4 members (excludes halogenated alkanes) is 6. The number of aliphatic hydroxyl groups excluding tert-OH is 1. The van der Waals surface area contributed by atoms with Crippen molar-refractivity contribution in [2.75, 3.05) is 33.0 Å². The van der Waals surface area contributed by atoms with Crippen LogP contribution in [0.3, 0.4) is 0 Å². The first-order valence-corrected chi connectivity index (χ1v) is 7.76. The number of hydrogen-bond acceptors (Lipinski definition) is 3. The molecule has 0 saturated heterocycles. The molecule has 0 fully saturated rings. The molecule has 0 aliphatic rings. The molecule has 0 unspecified atom stereocenters. The van der Waals surface area contributed by atoms with Gasteiger partial charge < -0.3 is 9.84 Å². The molecule has 0 spiro atoms. The lowest BCUT2D eigenvalue weighted by atomic mass is 10.2. The predicted molar refractivity (Wildman–Crippen MR) is 77.8 cm³/mol. The molecule has 110 valence electrons. The van der Waals surface area contributed by atoms with Crippen LogP contribution in [0.1, 0.15) is 65.2 Å². The van der Waals surface area contributed by atoms with E-state index in [-0.39, 0.29) is 6.61 Å². The first kappa shape index (κ1) is 17.9. The molecule has 3 nitrogen and oxygen atoms in total. The van der Waals surface area contributed by atoms with E-state index in [4.69, 9.17) is 9.84 Å². The Bertz CT molecular complexity index is 141. The molecule has 0 heterocycles. The van der Waals surface area contributed by atoms with Gasteiger partial charge in [-0.1, -0.05) is 52.4 Å². The minimum atomic E-state index is 0.125. The van der Waals surface area contributed by atoms with E-state index >= 15 is 0 Å². The molecule has 0 aromatic heterocycles. The van der Waals surface area contributed by atoms with Gasteiger partial charge in [0.25, 0.3) is 0 Å². The average Bonchev–Trinajstić information content (AvgIpc) is 2.39. The zero-order valence-corrected chi connectivity index (χ0v) is 12.5. The zero-order valence-electron chi connectivity index (χ0n) is 12.5. The highest BCUT2D eigenvalue weighted by Crippen LogP contribution is 2.05. The van der Waals surface area contributed by atoms with Gasteiger partial charge in [-0.25, -0.2) is 0 Å². The molecule has 3 heteroatoms. The fourth-order valence-electron chi connectivity index (χ4n) is 2.02. The van der Waals surface area contributed by atoms with Gasteiger partial charge in [0.2, 0.25) is 0 Å². The van der Waals surface area contributed by atoms with Crippen LogP contribution in [0, 0.1) is 0 Å². The Morgan fingerprint density at radius 3 is 1.83 bits per heavy atom. The van der Waals surface area contributed by atoms with Gasteiger partial charge in [-0.3, -0.25) is 4.90 Å². The van der Waals surface area contributed by atoms with Crippen molar-refractivity contribution in [2.24, 2.45) is 0 Å². The van der Waals surface area contributed by atoms with Crippen LogP contribution in [0.25, 0.3) is 0 Å². The van der Waals surface area contributed by atoms with Crippen LogP contribution in [0.2, 0.25) is 0 Å². The minimum absolute atomic E-state index is 0.125. The van der Waals surface area contributed by atoms with Gasteiger partial charge in [0.1, 0.15) is 0 Å². The third-order valence-corrected chi connectivity index (χ3v) is 3.17. The number of hydrogen-bond donors (Lipinski definition) is 1. The van der Waals surface area contributed by atoms with Gasteiger partial charge in [0, 0.05) is 13.1 Å². The van der Waals surface area contributed by atoms with Gasteiger partial charge in [0.15, 0.2) is 0 Å². The van der Waals surface area contributed by atoms with E-state index in [0.29, 0.717) is 13.3 Å². The summed E-state index contributed by atoms with van der Waals surface area (Å²) in [5, 5.41) is 8.73. The minimum Gasteiger partial charge on any atom is -0.394 e. The monoisotopic (exact) mass is 259 g/mol. The quantitative estimate of drug-likeness (QED) is 0.383. The number of nitrogens with zero attached hydrogens (tertiary/aromatic N) is 1. The van der Waals surface area contributed by atoms with Gasteiger partial charge >= 0.3 is 0 Å². The summed E-state index contributed by atoms with van der Waals surface area (Å²) in [4.78, 5) is 2.39. The summed E-state index contributed by atoms with van der Waals surface area (Å²) in [7, 11) is 0. The first-order chi connectivity index (χ1) is 8.85. The van der Waals surface area contributed by atoms with E-state index in [1.54, 1.807) is 0 Å². The van der Waals surface area contributed by atoms with Gasteiger partial charge in [0.05, 0.1) is 19.9 Å². The molecular weight excluding hydrogens is 226 g/mol. The van der Waals surface area contributed by atoms with Crippen LogP contribution < -0.4 is 0 Å².